The minimum absolute atomic E-state index is 0.133. The molecule has 4 rings (SSSR count). The number of hydrogen-bond donors (Lipinski definition) is 0. The van der Waals surface area contributed by atoms with Gasteiger partial charge < -0.3 is 9.47 Å². The van der Waals surface area contributed by atoms with Crippen molar-refractivity contribution in [2.24, 2.45) is 5.92 Å². The first-order valence-corrected chi connectivity index (χ1v) is 12.8. The van der Waals surface area contributed by atoms with Gasteiger partial charge in [-0.25, -0.2) is 0 Å². The SMILES string of the molecule is CCc1cccc2c(/C=C3\SC(=O)N(CC(C)C)C3=O)cn(CC(=O)N3CCCC[C@@H]3C)c12. The van der Waals surface area contributed by atoms with E-state index in [1.165, 1.54) is 16.9 Å². The summed E-state index contributed by atoms with van der Waals surface area (Å²) in [6.07, 6.45) is 7.91. The van der Waals surface area contributed by atoms with E-state index in [4.69, 9.17) is 0 Å². The number of fused-ring (bicyclic) bond motifs is 1. The third kappa shape index (κ3) is 4.74. The van der Waals surface area contributed by atoms with Crippen LogP contribution in [0, 0.1) is 5.92 Å². The zero-order valence-corrected chi connectivity index (χ0v) is 20.8. The normalized spacial score (nSPS) is 20.6. The predicted octanol–water partition coefficient (Wildman–Crippen LogP) is 5.30. The molecule has 2 fully saturated rings. The van der Waals surface area contributed by atoms with Gasteiger partial charge >= 0.3 is 0 Å². The number of aromatic nitrogens is 1. The van der Waals surface area contributed by atoms with Crippen LogP contribution in [-0.2, 0) is 22.6 Å². The van der Waals surface area contributed by atoms with Gasteiger partial charge in [-0.15, -0.1) is 0 Å². The van der Waals surface area contributed by atoms with Crippen molar-refractivity contribution in [1.82, 2.24) is 14.4 Å². The van der Waals surface area contributed by atoms with Crippen LogP contribution in [-0.4, -0.2) is 50.6 Å². The van der Waals surface area contributed by atoms with Crippen LogP contribution in [0.2, 0.25) is 0 Å². The molecular formula is C26H33N3O3S. The van der Waals surface area contributed by atoms with Crippen LogP contribution in [0.15, 0.2) is 29.3 Å². The molecule has 176 valence electrons. The number of rotatable bonds is 6. The monoisotopic (exact) mass is 467 g/mol. The number of hydrogen-bond acceptors (Lipinski definition) is 4. The Balaban J connectivity index is 1.70. The topological polar surface area (TPSA) is 62.6 Å². The molecule has 7 heteroatoms. The molecule has 2 saturated heterocycles. The quantitative estimate of drug-likeness (QED) is 0.541. The van der Waals surface area contributed by atoms with Crippen molar-refractivity contribution in [3.8, 4) is 0 Å². The van der Waals surface area contributed by atoms with E-state index in [1.54, 1.807) is 0 Å². The summed E-state index contributed by atoms with van der Waals surface area (Å²) in [6.45, 7) is 9.74. The Morgan fingerprint density at radius 2 is 2.03 bits per heavy atom. The second-order valence-corrected chi connectivity index (χ2v) is 10.5. The van der Waals surface area contributed by atoms with E-state index >= 15 is 0 Å². The number of nitrogens with zero attached hydrogens (tertiary/aromatic N) is 3. The molecule has 0 N–H and O–H groups in total. The Bertz CT molecular complexity index is 1120. The molecule has 3 heterocycles. The standard InChI is InChI=1S/C26H33N3O3S/c1-5-19-10-8-11-21-20(13-22-25(31)29(14-17(2)3)26(32)33-22)15-27(24(19)21)16-23(30)28-12-7-6-9-18(28)4/h8,10-11,13,15,17-18H,5-7,9,12,14,16H2,1-4H3/b22-13-/t18-/m0/s1. The number of thioether (sulfide) groups is 1. The minimum Gasteiger partial charge on any atom is -0.338 e. The largest absolute Gasteiger partial charge is 0.338 e. The van der Waals surface area contributed by atoms with Gasteiger partial charge in [0, 0.05) is 36.3 Å². The first-order chi connectivity index (χ1) is 15.8. The van der Waals surface area contributed by atoms with Crippen molar-refractivity contribution < 1.29 is 14.4 Å². The Hall–Kier alpha value is -2.54. The lowest BCUT2D eigenvalue weighted by molar-refractivity contribution is -0.135. The third-order valence-corrected chi connectivity index (χ3v) is 7.44. The molecule has 1 aromatic heterocycles. The first-order valence-electron chi connectivity index (χ1n) is 12.0. The lowest BCUT2D eigenvalue weighted by Crippen LogP contribution is -2.43. The van der Waals surface area contributed by atoms with Gasteiger partial charge in [0.15, 0.2) is 0 Å². The lowest BCUT2D eigenvalue weighted by atomic mass is 10.0. The highest BCUT2D eigenvalue weighted by molar-refractivity contribution is 8.18. The van der Waals surface area contributed by atoms with E-state index in [0.717, 1.165) is 54.0 Å². The minimum atomic E-state index is -0.232. The number of aryl methyl sites for hydroxylation is 1. The Morgan fingerprint density at radius 1 is 1.24 bits per heavy atom. The highest BCUT2D eigenvalue weighted by atomic mass is 32.2. The molecule has 1 atom stereocenters. The smallest absolute Gasteiger partial charge is 0.293 e. The van der Waals surface area contributed by atoms with Crippen LogP contribution in [0.25, 0.3) is 17.0 Å². The summed E-state index contributed by atoms with van der Waals surface area (Å²) in [6, 6.07) is 6.41. The summed E-state index contributed by atoms with van der Waals surface area (Å²) in [5.41, 5.74) is 3.07. The van der Waals surface area contributed by atoms with Crippen LogP contribution in [0.1, 0.15) is 58.1 Å². The van der Waals surface area contributed by atoms with Gasteiger partial charge in [0.1, 0.15) is 6.54 Å². The molecular weight excluding hydrogens is 434 g/mol. The van der Waals surface area contributed by atoms with Crippen molar-refractivity contribution in [2.75, 3.05) is 13.1 Å². The van der Waals surface area contributed by atoms with Crippen LogP contribution in [0.4, 0.5) is 4.79 Å². The zero-order valence-electron chi connectivity index (χ0n) is 20.0. The highest BCUT2D eigenvalue weighted by Crippen LogP contribution is 2.35. The van der Waals surface area contributed by atoms with Crippen molar-refractivity contribution in [3.63, 3.8) is 0 Å². The van der Waals surface area contributed by atoms with Crippen molar-refractivity contribution in [2.45, 2.75) is 66.0 Å². The van der Waals surface area contributed by atoms with Crippen molar-refractivity contribution >= 4 is 45.8 Å². The fourth-order valence-electron chi connectivity index (χ4n) is 4.86. The third-order valence-electron chi connectivity index (χ3n) is 6.53. The molecule has 0 aliphatic carbocycles. The summed E-state index contributed by atoms with van der Waals surface area (Å²) in [5.74, 6) is 0.119. The van der Waals surface area contributed by atoms with Gasteiger partial charge in [0.05, 0.1) is 10.4 Å². The molecule has 2 aliphatic rings. The van der Waals surface area contributed by atoms with Crippen molar-refractivity contribution in [1.29, 1.82) is 0 Å². The Kier molecular flexibility index (Phi) is 6.98. The average Bonchev–Trinajstić information content (AvgIpc) is 3.25. The molecule has 2 aromatic rings. The number of amides is 3. The highest BCUT2D eigenvalue weighted by Gasteiger charge is 2.35. The molecule has 33 heavy (non-hydrogen) atoms. The number of para-hydroxylation sites is 1. The van der Waals surface area contributed by atoms with E-state index in [1.807, 2.05) is 47.7 Å². The number of benzene rings is 1. The summed E-state index contributed by atoms with van der Waals surface area (Å²) in [4.78, 5) is 42.3. The molecule has 2 aliphatic heterocycles. The van der Waals surface area contributed by atoms with Crippen LogP contribution in [0.3, 0.4) is 0 Å². The van der Waals surface area contributed by atoms with Gasteiger partial charge in [-0.2, -0.15) is 0 Å². The Morgan fingerprint density at radius 3 is 2.73 bits per heavy atom. The molecule has 0 bridgehead atoms. The maximum atomic E-state index is 13.2. The van der Waals surface area contributed by atoms with Crippen LogP contribution in [0.5, 0.6) is 0 Å². The molecule has 6 nitrogen and oxygen atoms in total. The fourth-order valence-corrected chi connectivity index (χ4v) is 5.70. The van der Waals surface area contributed by atoms with E-state index in [9.17, 15) is 14.4 Å². The maximum Gasteiger partial charge on any atom is 0.293 e. The van der Waals surface area contributed by atoms with Crippen LogP contribution >= 0.6 is 11.8 Å². The number of imide groups is 1. The fraction of sp³-hybridized carbons (Fsp3) is 0.500. The van der Waals surface area contributed by atoms with Gasteiger partial charge in [-0.1, -0.05) is 39.0 Å². The lowest BCUT2D eigenvalue weighted by Gasteiger charge is -2.33. The molecule has 1 aromatic carbocycles. The number of likely N-dealkylation sites (tertiary alicyclic amines) is 1. The maximum absolute atomic E-state index is 13.2. The summed E-state index contributed by atoms with van der Waals surface area (Å²) in [7, 11) is 0. The molecule has 3 amide bonds. The molecule has 0 spiro atoms. The van der Waals surface area contributed by atoms with Crippen LogP contribution < -0.4 is 0 Å². The predicted molar refractivity (Wildman–Crippen MR) is 134 cm³/mol. The van der Waals surface area contributed by atoms with E-state index in [2.05, 4.69) is 19.9 Å². The summed E-state index contributed by atoms with van der Waals surface area (Å²) in [5, 5.41) is 0.789. The van der Waals surface area contributed by atoms with Gasteiger partial charge in [0.2, 0.25) is 5.91 Å². The zero-order chi connectivity index (χ0) is 23.7. The van der Waals surface area contributed by atoms with Crippen molar-refractivity contribution in [3.05, 3.63) is 40.4 Å². The van der Waals surface area contributed by atoms with Gasteiger partial charge in [0.25, 0.3) is 11.1 Å². The average molecular weight is 468 g/mol. The van der Waals surface area contributed by atoms with E-state index in [0.29, 0.717) is 11.4 Å². The first kappa shape index (κ1) is 23.6. The number of carbonyl (C=O) groups is 3. The molecule has 0 saturated carbocycles. The second-order valence-electron chi connectivity index (χ2n) is 9.50. The second kappa shape index (κ2) is 9.75. The Labute approximate surface area is 200 Å². The number of carbonyl (C=O) groups excluding carboxylic acids is 3. The molecule has 0 unspecified atom stereocenters. The molecule has 0 radical (unpaired) electrons. The summed E-state index contributed by atoms with van der Waals surface area (Å²) < 4.78 is 2.03. The van der Waals surface area contributed by atoms with E-state index in [-0.39, 0.29) is 35.6 Å². The van der Waals surface area contributed by atoms with Gasteiger partial charge in [-0.05, 0) is 61.9 Å². The van der Waals surface area contributed by atoms with Gasteiger partial charge in [-0.3, -0.25) is 19.3 Å². The number of piperidine rings is 1. The summed E-state index contributed by atoms with van der Waals surface area (Å²) >= 11 is 0.997. The van der Waals surface area contributed by atoms with E-state index < -0.39 is 0 Å².